The zero-order valence-corrected chi connectivity index (χ0v) is 10.4. The number of nitrogens with zero attached hydrogens (tertiary/aromatic N) is 2. The molecule has 17 heavy (non-hydrogen) atoms. The summed E-state index contributed by atoms with van der Waals surface area (Å²) >= 11 is 0. The highest BCUT2D eigenvalue weighted by Gasteiger charge is 2.22. The van der Waals surface area contributed by atoms with E-state index in [4.69, 9.17) is 10.4 Å². The van der Waals surface area contributed by atoms with Gasteiger partial charge in [0, 0.05) is 12.6 Å². The maximum Gasteiger partial charge on any atom is 0.326 e. The summed E-state index contributed by atoms with van der Waals surface area (Å²) in [6.07, 6.45) is 0.556. The van der Waals surface area contributed by atoms with Gasteiger partial charge in [0.25, 0.3) is 0 Å². The van der Waals surface area contributed by atoms with E-state index >= 15 is 0 Å². The summed E-state index contributed by atoms with van der Waals surface area (Å²) in [4.78, 5) is 24.0. The van der Waals surface area contributed by atoms with Gasteiger partial charge in [-0.1, -0.05) is 6.92 Å². The number of nitrogens with one attached hydrogen (secondary N) is 1. The van der Waals surface area contributed by atoms with Gasteiger partial charge in [0.15, 0.2) is 0 Å². The first-order valence-corrected chi connectivity index (χ1v) is 5.60. The van der Waals surface area contributed by atoms with Crippen molar-refractivity contribution in [3.05, 3.63) is 0 Å². The number of hydrogen-bond donors (Lipinski definition) is 2. The summed E-state index contributed by atoms with van der Waals surface area (Å²) in [6, 6.07) is 0.562. The standard InChI is InChI=1S/C11H19N3O3/c1-4-9(10(15)16)13-11(17)14(8(2)3)7-5-6-12/h8-9H,4-5,7H2,1-3H3,(H,13,17)(H,15,16)/t9-/m0/s1. The van der Waals surface area contributed by atoms with Crippen molar-refractivity contribution in [3.8, 4) is 6.07 Å². The van der Waals surface area contributed by atoms with Crippen molar-refractivity contribution in [3.63, 3.8) is 0 Å². The number of amides is 2. The van der Waals surface area contributed by atoms with Crippen LogP contribution in [0.3, 0.4) is 0 Å². The highest BCUT2D eigenvalue weighted by molar-refractivity contribution is 5.82. The second kappa shape index (κ2) is 7.49. The average Bonchev–Trinajstić information content (AvgIpc) is 2.25. The molecule has 0 radical (unpaired) electrons. The minimum Gasteiger partial charge on any atom is -0.480 e. The first kappa shape index (κ1) is 15.2. The topological polar surface area (TPSA) is 93.4 Å². The molecule has 0 rings (SSSR count). The fraction of sp³-hybridized carbons (Fsp3) is 0.727. The van der Waals surface area contributed by atoms with E-state index in [1.165, 1.54) is 4.90 Å². The quantitative estimate of drug-likeness (QED) is 0.730. The number of rotatable bonds is 6. The molecule has 96 valence electrons. The Balaban J connectivity index is 4.51. The van der Waals surface area contributed by atoms with Crippen LogP contribution < -0.4 is 5.32 Å². The van der Waals surface area contributed by atoms with E-state index in [2.05, 4.69) is 5.32 Å². The Labute approximate surface area is 101 Å². The third kappa shape index (κ3) is 5.20. The molecule has 0 heterocycles. The molecule has 0 unspecified atom stereocenters. The molecule has 0 bridgehead atoms. The highest BCUT2D eigenvalue weighted by atomic mass is 16.4. The summed E-state index contributed by atoms with van der Waals surface area (Å²) in [5, 5.41) is 19.8. The van der Waals surface area contributed by atoms with E-state index in [0.717, 1.165) is 0 Å². The van der Waals surface area contributed by atoms with Gasteiger partial charge in [-0.3, -0.25) is 0 Å². The number of aliphatic carboxylic acids is 1. The number of urea groups is 1. The Morgan fingerprint density at radius 2 is 2.06 bits per heavy atom. The molecule has 0 aromatic rings. The van der Waals surface area contributed by atoms with Gasteiger partial charge < -0.3 is 15.3 Å². The fourth-order valence-electron chi connectivity index (χ4n) is 1.34. The normalized spacial score (nSPS) is 11.7. The number of carbonyl (C=O) groups excluding carboxylic acids is 1. The smallest absolute Gasteiger partial charge is 0.326 e. The number of carboxylic acids is 1. The van der Waals surface area contributed by atoms with Crippen LogP contribution in [-0.2, 0) is 4.79 Å². The molecule has 0 saturated heterocycles. The van der Waals surface area contributed by atoms with Crippen LogP contribution in [-0.4, -0.2) is 40.6 Å². The largest absolute Gasteiger partial charge is 0.480 e. The second-order valence-corrected chi connectivity index (χ2v) is 3.94. The maximum atomic E-state index is 11.8. The van der Waals surface area contributed by atoms with Crippen molar-refractivity contribution >= 4 is 12.0 Å². The number of hydrogen-bond acceptors (Lipinski definition) is 3. The second-order valence-electron chi connectivity index (χ2n) is 3.94. The molecule has 0 spiro atoms. The minimum absolute atomic E-state index is 0.0744. The number of carboxylic acid groups (broad SMARTS) is 1. The molecule has 2 amide bonds. The van der Waals surface area contributed by atoms with Gasteiger partial charge in [-0.05, 0) is 20.3 Å². The molecule has 0 aliphatic rings. The molecule has 0 saturated carbocycles. The molecule has 6 nitrogen and oxygen atoms in total. The number of carbonyl (C=O) groups is 2. The van der Waals surface area contributed by atoms with Gasteiger partial charge in [0.1, 0.15) is 6.04 Å². The van der Waals surface area contributed by atoms with Crippen LogP contribution in [0.4, 0.5) is 4.79 Å². The predicted molar refractivity (Wildman–Crippen MR) is 62.3 cm³/mol. The molecule has 0 aliphatic heterocycles. The van der Waals surface area contributed by atoms with Crippen LogP contribution in [0.2, 0.25) is 0 Å². The van der Waals surface area contributed by atoms with Gasteiger partial charge in [0.05, 0.1) is 12.5 Å². The zero-order valence-electron chi connectivity index (χ0n) is 10.4. The fourth-order valence-corrected chi connectivity index (χ4v) is 1.34. The Bertz CT molecular complexity index is 310. The van der Waals surface area contributed by atoms with E-state index in [1.807, 2.05) is 19.9 Å². The van der Waals surface area contributed by atoms with Crippen LogP contribution in [0, 0.1) is 11.3 Å². The number of nitriles is 1. The lowest BCUT2D eigenvalue weighted by molar-refractivity contribution is -0.139. The predicted octanol–water partition coefficient (Wildman–Crippen LogP) is 1.18. The van der Waals surface area contributed by atoms with Gasteiger partial charge in [0.2, 0.25) is 0 Å². The molecule has 0 aliphatic carbocycles. The summed E-state index contributed by atoms with van der Waals surface area (Å²) in [7, 11) is 0. The van der Waals surface area contributed by atoms with E-state index < -0.39 is 18.0 Å². The molecular weight excluding hydrogens is 222 g/mol. The van der Waals surface area contributed by atoms with Crippen molar-refractivity contribution in [1.82, 2.24) is 10.2 Å². The Morgan fingerprint density at radius 3 is 2.41 bits per heavy atom. The van der Waals surface area contributed by atoms with E-state index in [-0.39, 0.29) is 12.5 Å². The third-order valence-electron chi connectivity index (χ3n) is 2.35. The first-order chi connectivity index (χ1) is 7.93. The Kier molecular flexibility index (Phi) is 6.71. The summed E-state index contributed by atoms with van der Waals surface area (Å²) in [6.45, 7) is 5.63. The molecule has 0 aromatic heterocycles. The van der Waals surface area contributed by atoms with Gasteiger partial charge in [-0.2, -0.15) is 5.26 Å². The van der Waals surface area contributed by atoms with Crippen molar-refractivity contribution in [1.29, 1.82) is 5.26 Å². The van der Waals surface area contributed by atoms with Crippen LogP contribution in [0.1, 0.15) is 33.6 Å². The van der Waals surface area contributed by atoms with Crippen LogP contribution >= 0.6 is 0 Å². The molecular formula is C11H19N3O3. The van der Waals surface area contributed by atoms with Gasteiger partial charge in [-0.25, -0.2) is 9.59 Å². The molecule has 1 atom stereocenters. The highest BCUT2D eigenvalue weighted by Crippen LogP contribution is 2.02. The van der Waals surface area contributed by atoms with Crippen LogP contribution in [0.5, 0.6) is 0 Å². The SMILES string of the molecule is CC[C@H](NC(=O)N(CCC#N)C(C)C)C(=O)O. The van der Waals surface area contributed by atoms with Crippen LogP contribution in [0.15, 0.2) is 0 Å². The van der Waals surface area contributed by atoms with Crippen molar-refractivity contribution in [2.75, 3.05) is 6.54 Å². The summed E-state index contributed by atoms with van der Waals surface area (Å²) in [5.41, 5.74) is 0. The first-order valence-electron chi connectivity index (χ1n) is 5.60. The van der Waals surface area contributed by atoms with Crippen molar-refractivity contribution in [2.45, 2.75) is 45.7 Å². The maximum absolute atomic E-state index is 11.8. The van der Waals surface area contributed by atoms with Crippen molar-refractivity contribution in [2.24, 2.45) is 0 Å². The van der Waals surface area contributed by atoms with Gasteiger partial charge >= 0.3 is 12.0 Å². The van der Waals surface area contributed by atoms with E-state index in [0.29, 0.717) is 13.0 Å². The molecule has 0 aromatic carbocycles. The molecule has 2 N–H and O–H groups in total. The van der Waals surface area contributed by atoms with Gasteiger partial charge in [-0.15, -0.1) is 0 Å². The minimum atomic E-state index is -1.05. The van der Waals surface area contributed by atoms with E-state index in [1.54, 1.807) is 6.92 Å². The molecule has 0 fully saturated rings. The van der Waals surface area contributed by atoms with Crippen molar-refractivity contribution < 1.29 is 14.7 Å². The van der Waals surface area contributed by atoms with Crippen LogP contribution in [0.25, 0.3) is 0 Å². The average molecular weight is 241 g/mol. The Hall–Kier alpha value is -1.77. The lowest BCUT2D eigenvalue weighted by Crippen LogP contribution is -2.50. The summed E-state index contributed by atoms with van der Waals surface area (Å²) in [5.74, 6) is -1.05. The third-order valence-corrected chi connectivity index (χ3v) is 2.35. The monoisotopic (exact) mass is 241 g/mol. The van der Waals surface area contributed by atoms with E-state index in [9.17, 15) is 9.59 Å². The lowest BCUT2D eigenvalue weighted by Gasteiger charge is -2.27. The summed E-state index contributed by atoms with van der Waals surface area (Å²) < 4.78 is 0. The zero-order chi connectivity index (χ0) is 13.4. The molecule has 6 heteroatoms. The Morgan fingerprint density at radius 1 is 1.47 bits per heavy atom. The lowest BCUT2D eigenvalue weighted by atomic mass is 10.2.